The molecule has 0 fully saturated rings. The van der Waals surface area contributed by atoms with E-state index in [2.05, 4.69) is 14.9 Å². The third kappa shape index (κ3) is 2.96. The molecular weight excluding hydrogens is 318 g/mol. The second-order valence-corrected chi connectivity index (χ2v) is 6.25. The van der Waals surface area contributed by atoms with Crippen LogP contribution in [-0.4, -0.2) is 28.7 Å². The van der Waals surface area contributed by atoms with Crippen LogP contribution in [-0.2, 0) is 6.54 Å². The molecule has 25 heavy (non-hydrogen) atoms. The third-order valence-electron chi connectivity index (χ3n) is 4.56. The molecule has 1 unspecified atom stereocenters. The van der Waals surface area contributed by atoms with Crippen molar-refractivity contribution in [2.45, 2.75) is 19.5 Å². The molecule has 0 amide bonds. The standard InChI is InChI=1S/C19H19N3O3/c1-12(18-20-15-6-4-3-5-14(15)19(23)21-18)22(2)10-13-7-8-16-17(9-13)25-11-24-16/h3-9,12H,10-11H2,1-2H3,(H,20,21,23). The summed E-state index contributed by atoms with van der Waals surface area (Å²) in [6.45, 7) is 3.00. The van der Waals surface area contributed by atoms with E-state index in [1.54, 1.807) is 6.07 Å². The van der Waals surface area contributed by atoms with Crippen LogP contribution in [0.1, 0.15) is 24.4 Å². The minimum Gasteiger partial charge on any atom is -0.454 e. The predicted octanol–water partition coefficient (Wildman–Crippen LogP) is 2.84. The van der Waals surface area contributed by atoms with Gasteiger partial charge in [-0.1, -0.05) is 18.2 Å². The Hall–Kier alpha value is -2.86. The van der Waals surface area contributed by atoms with Crippen LogP contribution in [0.5, 0.6) is 11.5 Å². The molecule has 0 aliphatic carbocycles. The number of fused-ring (bicyclic) bond motifs is 2. The van der Waals surface area contributed by atoms with Gasteiger partial charge < -0.3 is 14.5 Å². The van der Waals surface area contributed by atoms with Gasteiger partial charge in [-0.25, -0.2) is 4.98 Å². The van der Waals surface area contributed by atoms with E-state index in [0.29, 0.717) is 23.3 Å². The van der Waals surface area contributed by atoms with Crippen molar-refractivity contribution in [2.24, 2.45) is 0 Å². The zero-order chi connectivity index (χ0) is 17.4. The molecule has 4 rings (SSSR count). The topological polar surface area (TPSA) is 67.5 Å². The van der Waals surface area contributed by atoms with Gasteiger partial charge in [-0.15, -0.1) is 0 Å². The van der Waals surface area contributed by atoms with Gasteiger partial charge in [-0.3, -0.25) is 9.69 Å². The second kappa shape index (κ2) is 6.22. The van der Waals surface area contributed by atoms with Crippen LogP contribution in [0, 0.1) is 0 Å². The van der Waals surface area contributed by atoms with Crippen LogP contribution in [0.15, 0.2) is 47.3 Å². The molecule has 1 aromatic heterocycles. The number of rotatable bonds is 4. The molecule has 3 aromatic rings. The van der Waals surface area contributed by atoms with Gasteiger partial charge in [0.15, 0.2) is 11.5 Å². The number of nitrogens with zero attached hydrogens (tertiary/aromatic N) is 2. The van der Waals surface area contributed by atoms with Gasteiger partial charge in [0.2, 0.25) is 6.79 Å². The highest BCUT2D eigenvalue weighted by atomic mass is 16.7. The molecule has 0 bridgehead atoms. The zero-order valence-corrected chi connectivity index (χ0v) is 14.2. The van der Waals surface area contributed by atoms with Gasteiger partial charge >= 0.3 is 0 Å². The van der Waals surface area contributed by atoms with Crippen LogP contribution < -0.4 is 15.0 Å². The van der Waals surface area contributed by atoms with Gasteiger partial charge in [0.1, 0.15) is 5.82 Å². The lowest BCUT2D eigenvalue weighted by Gasteiger charge is -2.24. The highest BCUT2D eigenvalue weighted by Crippen LogP contribution is 2.33. The first-order valence-electron chi connectivity index (χ1n) is 8.19. The fraction of sp³-hybridized carbons (Fsp3) is 0.263. The van der Waals surface area contributed by atoms with E-state index in [-0.39, 0.29) is 18.4 Å². The van der Waals surface area contributed by atoms with Crippen molar-refractivity contribution >= 4 is 10.9 Å². The summed E-state index contributed by atoms with van der Waals surface area (Å²) < 4.78 is 10.8. The molecule has 6 heteroatoms. The summed E-state index contributed by atoms with van der Waals surface area (Å²) in [4.78, 5) is 21.9. The summed E-state index contributed by atoms with van der Waals surface area (Å²) in [5.41, 5.74) is 1.72. The van der Waals surface area contributed by atoms with Gasteiger partial charge in [0.05, 0.1) is 16.9 Å². The van der Waals surface area contributed by atoms with Crippen LogP contribution in [0.25, 0.3) is 10.9 Å². The number of benzene rings is 2. The predicted molar refractivity (Wildman–Crippen MR) is 94.8 cm³/mol. The fourth-order valence-electron chi connectivity index (χ4n) is 2.98. The molecule has 128 valence electrons. The third-order valence-corrected chi connectivity index (χ3v) is 4.56. The summed E-state index contributed by atoms with van der Waals surface area (Å²) >= 11 is 0. The minimum atomic E-state index is -0.107. The van der Waals surface area contributed by atoms with E-state index < -0.39 is 0 Å². The first-order chi connectivity index (χ1) is 12.1. The van der Waals surface area contributed by atoms with Crippen molar-refractivity contribution in [3.05, 3.63) is 64.2 Å². The molecule has 1 atom stereocenters. The van der Waals surface area contributed by atoms with Crippen molar-refractivity contribution in [1.29, 1.82) is 0 Å². The monoisotopic (exact) mass is 337 g/mol. The van der Waals surface area contributed by atoms with Crippen LogP contribution in [0.4, 0.5) is 0 Å². The fourth-order valence-corrected chi connectivity index (χ4v) is 2.98. The van der Waals surface area contributed by atoms with Crippen LogP contribution in [0.2, 0.25) is 0 Å². The molecule has 1 N–H and O–H groups in total. The molecule has 0 radical (unpaired) electrons. The molecule has 0 spiro atoms. The Balaban J connectivity index is 1.58. The molecule has 0 saturated carbocycles. The number of aromatic nitrogens is 2. The van der Waals surface area contributed by atoms with E-state index in [1.165, 1.54) is 0 Å². The van der Waals surface area contributed by atoms with Crippen molar-refractivity contribution in [1.82, 2.24) is 14.9 Å². The number of hydrogen-bond acceptors (Lipinski definition) is 5. The summed E-state index contributed by atoms with van der Waals surface area (Å²) in [6, 6.07) is 13.3. The van der Waals surface area contributed by atoms with Crippen LogP contribution >= 0.6 is 0 Å². The maximum atomic E-state index is 12.3. The van der Waals surface area contributed by atoms with Crippen molar-refractivity contribution < 1.29 is 9.47 Å². The number of hydrogen-bond donors (Lipinski definition) is 1. The molecule has 1 aliphatic heterocycles. The normalized spacial score (nSPS) is 14.2. The van der Waals surface area contributed by atoms with E-state index in [1.807, 2.05) is 50.4 Å². The molecular formula is C19H19N3O3. The summed E-state index contributed by atoms with van der Waals surface area (Å²) in [5, 5.41) is 0.608. The Morgan fingerprint density at radius 2 is 2.00 bits per heavy atom. The van der Waals surface area contributed by atoms with Crippen molar-refractivity contribution in [3.8, 4) is 11.5 Å². The average Bonchev–Trinajstić information content (AvgIpc) is 3.08. The smallest absolute Gasteiger partial charge is 0.258 e. The zero-order valence-electron chi connectivity index (χ0n) is 14.2. The second-order valence-electron chi connectivity index (χ2n) is 6.25. The highest BCUT2D eigenvalue weighted by molar-refractivity contribution is 5.77. The summed E-state index contributed by atoms with van der Waals surface area (Å²) in [7, 11) is 2.00. The Labute approximate surface area is 145 Å². The van der Waals surface area contributed by atoms with Gasteiger partial charge in [-0.05, 0) is 43.8 Å². The number of H-pyrrole nitrogens is 1. The summed E-state index contributed by atoms with van der Waals surface area (Å²) in [5.74, 6) is 2.21. The van der Waals surface area contributed by atoms with E-state index >= 15 is 0 Å². The van der Waals surface area contributed by atoms with E-state index in [4.69, 9.17) is 9.47 Å². The van der Waals surface area contributed by atoms with Crippen LogP contribution in [0.3, 0.4) is 0 Å². The lowest BCUT2D eigenvalue weighted by Crippen LogP contribution is -2.26. The Bertz CT molecular complexity index is 983. The number of ether oxygens (including phenoxy) is 2. The Kier molecular flexibility index (Phi) is 3.89. The molecule has 1 aliphatic rings. The van der Waals surface area contributed by atoms with Gasteiger partial charge in [-0.2, -0.15) is 0 Å². The lowest BCUT2D eigenvalue weighted by molar-refractivity contribution is 0.174. The SMILES string of the molecule is CC(c1nc2ccccc2c(=O)[nH]1)N(C)Cc1ccc2c(c1)OCO2. The lowest BCUT2D eigenvalue weighted by atomic mass is 10.1. The van der Waals surface area contributed by atoms with Gasteiger partial charge in [0.25, 0.3) is 5.56 Å². The molecule has 0 saturated heterocycles. The largest absolute Gasteiger partial charge is 0.454 e. The first-order valence-corrected chi connectivity index (χ1v) is 8.19. The number of para-hydroxylation sites is 1. The maximum absolute atomic E-state index is 12.3. The highest BCUT2D eigenvalue weighted by Gasteiger charge is 2.18. The quantitative estimate of drug-likeness (QED) is 0.793. The Morgan fingerprint density at radius 3 is 2.88 bits per heavy atom. The Morgan fingerprint density at radius 1 is 1.20 bits per heavy atom. The van der Waals surface area contributed by atoms with Crippen molar-refractivity contribution in [3.63, 3.8) is 0 Å². The molecule has 6 nitrogen and oxygen atoms in total. The maximum Gasteiger partial charge on any atom is 0.258 e. The number of aromatic amines is 1. The van der Waals surface area contributed by atoms with Gasteiger partial charge in [0, 0.05) is 6.54 Å². The average molecular weight is 337 g/mol. The minimum absolute atomic E-state index is 0.0391. The number of nitrogens with one attached hydrogen (secondary N) is 1. The van der Waals surface area contributed by atoms with Crippen molar-refractivity contribution in [2.75, 3.05) is 13.8 Å². The van der Waals surface area contributed by atoms with E-state index in [9.17, 15) is 4.79 Å². The van der Waals surface area contributed by atoms with E-state index in [0.717, 1.165) is 17.1 Å². The molecule has 2 heterocycles. The first kappa shape index (κ1) is 15.7. The molecule has 2 aromatic carbocycles. The summed E-state index contributed by atoms with van der Waals surface area (Å²) in [6.07, 6.45) is 0.